The Labute approximate surface area is 219 Å². The van der Waals surface area contributed by atoms with E-state index >= 15 is 0 Å². The summed E-state index contributed by atoms with van der Waals surface area (Å²) in [6.07, 6.45) is 3.86. The first kappa shape index (κ1) is 27.4. The molecule has 204 valence electrons. The van der Waals surface area contributed by atoms with E-state index in [1.165, 1.54) is 17.0 Å². The molecule has 2 saturated heterocycles. The van der Waals surface area contributed by atoms with Gasteiger partial charge in [0.1, 0.15) is 11.4 Å². The predicted molar refractivity (Wildman–Crippen MR) is 139 cm³/mol. The van der Waals surface area contributed by atoms with E-state index in [-0.39, 0.29) is 42.8 Å². The van der Waals surface area contributed by atoms with Gasteiger partial charge in [-0.2, -0.15) is 0 Å². The number of amides is 3. The van der Waals surface area contributed by atoms with Crippen molar-refractivity contribution in [2.75, 3.05) is 38.0 Å². The number of hydrogen-bond acceptors (Lipinski definition) is 5. The largest absolute Gasteiger partial charge is 0.444 e. The maximum atomic E-state index is 14.6. The molecule has 2 aliphatic heterocycles. The molecule has 8 nitrogen and oxygen atoms in total. The van der Waals surface area contributed by atoms with Crippen molar-refractivity contribution in [1.82, 2.24) is 14.7 Å². The highest BCUT2D eigenvalue weighted by Crippen LogP contribution is 2.29. The van der Waals surface area contributed by atoms with Gasteiger partial charge in [-0.15, -0.1) is 0 Å². The molecule has 9 heteroatoms. The number of ether oxygens (including phenoxy) is 1. The maximum Gasteiger partial charge on any atom is 0.410 e. The van der Waals surface area contributed by atoms with Crippen LogP contribution in [0.5, 0.6) is 0 Å². The minimum atomic E-state index is -0.588. The second kappa shape index (κ2) is 11.0. The third kappa shape index (κ3) is 6.61. The molecule has 1 aromatic carbocycles. The van der Waals surface area contributed by atoms with Gasteiger partial charge in [-0.3, -0.25) is 14.5 Å². The zero-order valence-corrected chi connectivity index (χ0v) is 22.8. The summed E-state index contributed by atoms with van der Waals surface area (Å²) in [4.78, 5) is 43.6. The summed E-state index contributed by atoms with van der Waals surface area (Å²) in [5, 5.41) is 2.87. The van der Waals surface area contributed by atoms with Crippen LogP contribution in [0.1, 0.15) is 64.5 Å². The minimum absolute atomic E-state index is 0.112. The first-order valence-electron chi connectivity index (χ1n) is 13.5. The highest BCUT2D eigenvalue weighted by atomic mass is 19.1. The van der Waals surface area contributed by atoms with E-state index in [0.29, 0.717) is 18.8 Å². The summed E-state index contributed by atoms with van der Waals surface area (Å²) in [5.74, 6) is -0.518. The van der Waals surface area contributed by atoms with E-state index in [0.717, 1.165) is 49.9 Å². The lowest BCUT2D eigenvalue weighted by Crippen LogP contribution is -2.55. The molecule has 0 aromatic heterocycles. The smallest absolute Gasteiger partial charge is 0.410 e. The van der Waals surface area contributed by atoms with Gasteiger partial charge in [0.2, 0.25) is 11.8 Å². The predicted octanol–water partition coefficient (Wildman–Crippen LogP) is 4.16. The van der Waals surface area contributed by atoms with Crippen molar-refractivity contribution in [3.05, 3.63) is 29.1 Å². The van der Waals surface area contributed by atoms with Crippen LogP contribution in [-0.4, -0.2) is 77.0 Å². The summed E-state index contributed by atoms with van der Waals surface area (Å²) in [7, 11) is 0. The van der Waals surface area contributed by atoms with Crippen LogP contribution in [0.15, 0.2) is 12.1 Å². The summed E-state index contributed by atoms with van der Waals surface area (Å²) in [6, 6.07) is 2.99. The molecule has 37 heavy (non-hydrogen) atoms. The van der Waals surface area contributed by atoms with Crippen LogP contribution in [0.25, 0.3) is 0 Å². The number of likely N-dealkylation sites (tertiary alicyclic amines) is 1. The summed E-state index contributed by atoms with van der Waals surface area (Å²) in [6.45, 7) is 12.7. The van der Waals surface area contributed by atoms with Crippen molar-refractivity contribution >= 4 is 23.6 Å². The molecule has 1 aliphatic carbocycles. The number of nitrogens with zero attached hydrogens (tertiary/aromatic N) is 3. The van der Waals surface area contributed by atoms with Crippen LogP contribution in [0.2, 0.25) is 0 Å². The SMILES string of the molecule is Cc1c(CN2CCN(C(=O)C3CCCC3)C(C)C2)cc(F)cc1NC(=O)C1CN(C(=O)OC(C)(C)C)C1. The second-order valence-corrected chi connectivity index (χ2v) is 11.9. The summed E-state index contributed by atoms with van der Waals surface area (Å²) >= 11 is 0. The van der Waals surface area contributed by atoms with Crippen LogP contribution in [-0.2, 0) is 20.9 Å². The van der Waals surface area contributed by atoms with Gasteiger partial charge in [0, 0.05) is 56.9 Å². The van der Waals surface area contributed by atoms with Gasteiger partial charge in [-0.1, -0.05) is 12.8 Å². The Morgan fingerprint density at radius 1 is 1.05 bits per heavy atom. The van der Waals surface area contributed by atoms with E-state index in [1.54, 1.807) is 20.8 Å². The molecular formula is C28H41FN4O4. The summed E-state index contributed by atoms with van der Waals surface area (Å²) in [5.41, 5.74) is 1.52. The fraction of sp³-hybridized carbons (Fsp3) is 0.679. The Bertz CT molecular complexity index is 1030. The number of rotatable bonds is 5. The number of anilines is 1. The van der Waals surface area contributed by atoms with E-state index in [2.05, 4.69) is 17.1 Å². The third-order valence-electron chi connectivity index (χ3n) is 7.73. The third-order valence-corrected chi connectivity index (χ3v) is 7.73. The van der Waals surface area contributed by atoms with Gasteiger partial charge >= 0.3 is 6.09 Å². The second-order valence-electron chi connectivity index (χ2n) is 11.9. The Balaban J connectivity index is 1.32. The lowest BCUT2D eigenvalue weighted by atomic mass is 9.98. The molecule has 1 unspecified atom stereocenters. The van der Waals surface area contributed by atoms with Crippen LogP contribution in [0.4, 0.5) is 14.9 Å². The van der Waals surface area contributed by atoms with Crippen LogP contribution in [0, 0.1) is 24.6 Å². The highest BCUT2D eigenvalue weighted by molar-refractivity contribution is 5.95. The van der Waals surface area contributed by atoms with Crippen molar-refractivity contribution in [2.24, 2.45) is 11.8 Å². The van der Waals surface area contributed by atoms with E-state index < -0.39 is 17.5 Å². The number of nitrogens with one attached hydrogen (secondary N) is 1. The molecule has 0 spiro atoms. The quantitative estimate of drug-likeness (QED) is 0.636. The monoisotopic (exact) mass is 516 g/mol. The number of halogens is 1. The molecule has 3 fully saturated rings. The average molecular weight is 517 g/mol. The standard InChI is InChI=1S/C28H41FN4O4/c1-18-14-31(10-11-33(18)26(35)20-8-6-7-9-20)15-21-12-23(29)13-24(19(21)2)30-25(34)22-16-32(17-22)27(36)37-28(3,4)5/h12-13,18,20,22H,6-11,14-17H2,1-5H3,(H,30,34). The maximum absolute atomic E-state index is 14.6. The van der Waals surface area contributed by atoms with Gasteiger partial charge in [0.25, 0.3) is 0 Å². The Kier molecular flexibility index (Phi) is 8.11. The molecule has 0 bridgehead atoms. The van der Waals surface area contributed by atoms with E-state index in [9.17, 15) is 18.8 Å². The minimum Gasteiger partial charge on any atom is -0.444 e. The molecule has 0 radical (unpaired) electrons. The molecule has 4 rings (SSSR count). The van der Waals surface area contributed by atoms with Gasteiger partial charge in [-0.05, 0) is 70.7 Å². The van der Waals surface area contributed by atoms with Gasteiger partial charge < -0.3 is 19.9 Å². The molecule has 3 amide bonds. The highest BCUT2D eigenvalue weighted by Gasteiger charge is 2.38. The lowest BCUT2D eigenvalue weighted by molar-refractivity contribution is -0.140. The summed E-state index contributed by atoms with van der Waals surface area (Å²) < 4.78 is 19.9. The van der Waals surface area contributed by atoms with Crippen molar-refractivity contribution in [3.8, 4) is 0 Å². The van der Waals surface area contributed by atoms with E-state index in [4.69, 9.17) is 4.74 Å². The number of carbonyl (C=O) groups is 3. The molecule has 1 N–H and O–H groups in total. The fourth-order valence-corrected chi connectivity index (χ4v) is 5.54. The first-order chi connectivity index (χ1) is 17.4. The van der Waals surface area contributed by atoms with Crippen molar-refractivity contribution in [1.29, 1.82) is 0 Å². The zero-order chi connectivity index (χ0) is 26.9. The first-order valence-corrected chi connectivity index (χ1v) is 13.5. The molecule has 1 saturated carbocycles. The zero-order valence-electron chi connectivity index (χ0n) is 22.8. The van der Waals surface area contributed by atoms with Gasteiger partial charge in [-0.25, -0.2) is 9.18 Å². The molecular weight excluding hydrogens is 475 g/mol. The number of hydrogen-bond donors (Lipinski definition) is 1. The Morgan fingerprint density at radius 2 is 1.73 bits per heavy atom. The molecule has 3 aliphatic rings. The number of benzene rings is 1. The van der Waals surface area contributed by atoms with Crippen molar-refractivity contribution < 1.29 is 23.5 Å². The van der Waals surface area contributed by atoms with Gasteiger partial charge in [0.15, 0.2) is 0 Å². The van der Waals surface area contributed by atoms with Crippen molar-refractivity contribution in [2.45, 2.75) is 78.5 Å². The molecule has 1 aromatic rings. The van der Waals surface area contributed by atoms with Crippen LogP contribution in [0.3, 0.4) is 0 Å². The van der Waals surface area contributed by atoms with E-state index in [1.807, 2.05) is 11.8 Å². The number of carbonyl (C=O) groups excluding carboxylic acids is 3. The van der Waals surface area contributed by atoms with Crippen LogP contribution < -0.4 is 5.32 Å². The molecule has 1 atom stereocenters. The molecule has 2 heterocycles. The number of piperazine rings is 1. The Hall–Kier alpha value is -2.68. The normalized spacial score (nSPS) is 21.6. The van der Waals surface area contributed by atoms with Gasteiger partial charge in [0.05, 0.1) is 5.92 Å². The van der Waals surface area contributed by atoms with Crippen molar-refractivity contribution in [3.63, 3.8) is 0 Å². The van der Waals surface area contributed by atoms with Crippen LogP contribution >= 0.6 is 0 Å². The fourth-order valence-electron chi connectivity index (χ4n) is 5.54. The Morgan fingerprint density at radius 3 is 2.35 bits per heavy atom. The lowest BCUT2D eigenvalue weighted by Gasteiger charge is -2.41. The topological polar surface area (TPSA) is 82.2 Å². The average Bonchev–Trinajstić information content (AvgIpc) is 3.29.